The standard InChI is InChI=1S/C30H34/c1-5-12-23(22-14-8-7-9-15-22)20-24(13-6-2)25-18-19-27-26-16-10-11-17-28(26)30(3,4)29(27)21-25/h7-11,14-21,23H,5-6,12-13H2,1-4H3/b24-20+. The lowest BCUT2D eigenvalue weighted by Crippen LogP contribution is -2.15. The number of rotatable bonds is 7. The van der Waals surface area contributed by atoms with E-state index in [-0.39, 0.29) is 5.41 Å². The van der Waals surface area contributed by atoms with Crippen LogP contribution < -0.4 is 0 Å². The van der Waals surface area contributed by atoms with Gasteiger partial charge in [-0.2, -0.15) is 0 Å². The lowest BCUT2D eigenvalue weighted by molar-refractivity contribution is 0.660. The Bertz CT molecular complexity index is 1040. The van der Waals surface area contributed by atoms with E-state index in [1.54, 1.807) is 0 Å². The summed E-state index contributed by atoms with van der Waals surface area (Å²) in [6, 6.07) is 27.1. The highest BCUT2D eigenvalue weighted by Crippen LogP contribution is 2.49. The zero-order valence-electron chi connectivity index (χ0n) is 18.9. The predicted molar refractivity (Wildman–Crippen MR) is 131 cm³/mol. The fourth-order valence-electron chi connectivity index (χ4n) is 5.10. The van der Waals surface area contributed by atoms with E-state index in [9.17, 15) is 0 Å². The topological polar surface area (TPSA) is 0 Å². The first-order chi connectivity index (χ1) is 14.6. The van der Waals surface area contributed by atoms with Crippen LogP contribution in [0.3, 0.4) is 0 Å². The highest BCUT2D eigenvalue weighted by molar-refractivity contribution is 5.83. The Morgan fingerprint density at radius 3 is 2.23 bits per heavy atom. The molecule has 3 aromatic rings. The van der Waals surface area contributed by atoms with Gasteiger partial charge in [0, 0.05) is 11.3 Å². The monoisotopic (exact) mass is 394 g/mol. The first-order valence-electron chi connectivity index (χ1n) is 11.6. The second-order valence-electron chi connectivity index (χ2n) is 9.18. The fourth-order valence-corrected chi connectivity index (χ4v) is 5.10. The molecule has 0 spiro atoms. The van der Waals surface area contributed by atoms with Gasteiger partial charge in [-0.3, -0.25) is 0 Å². The van der Waals surface area contributed by atoms with Gasteiger partial charge in [0.25, 0.3) is 0 Å². The second-order valence-corrected chi connectivity index (χ2v) is 9.18. The van der Waals surface area contributed by atoms with Gasteiger partial charge >= 0.3 is 0 Å². The Morgan fingerprint density at radius 2 is 1.50 bits per heavy atom. The minimum Gasteiger partial charge on any atom is -0.0732 e. The molecule has 4 rings (SSSR count). The van der Waals surface area contributed by atoms with Gasteiger partial charge in [0.2, 0.25) is 0 Å². The van der Waals surface area contributed by atoms with Crippen molar-refractivity contribution in [1.82, 2.24) is 0 Å². The molecule has 0 heterocycles. The van der Waals surface area contributed by atoms with Crippen molar-refractivity contribution >= 4 is 5.57 Å². The molecule has 0 amide bonds. The van der Waals surface area contributed by atoms with Gasteiger partial charge < -0.3 is 0 Å². The number of allylic oxidation sites excluding steroid dienone is 2. The van der Waals surface area contributed by atoms with E-state index in [1.807, 2.05) is 0 Å². The van der Waals surface area contributed by atoms with Gasteiger partial charge in [0.15, 0.2) is 0 Å². The zero-order valence-corrected chi connectivity index (χ0v) is 18.9. The average molecular weight is 395 g/mol. The summed E-state index contributed by atoms with van der Waals surface area (Å²) >= 11 is 0. The summed E-state index contributed by atoms with van der Waals surface area (Å²) in [7, 11) is 0. The molecule has 0 fully saturated rings. The number of hydrogen-bond donors (Lipinski definition) is 0. The fraction of sp³-hybridized carbons (Fsp3) is 0.333. The van der Waals surface area contributed by atoms with Crippen LogP contribution >= 0.6 is 0 Å². The summed E-state index contributed by atoms with van der Waals surface area (Å²) in [6.07, 6.45) is 7.24. The molecule has 1 aliphatic carbocycles. The Morgan fingerprint density at radius 1 is 0.800 bits per heavy atom. The molecule has 1 unspecified atom stereocenters. The van der Waals surface area contributed by atoms with Crippen LogP contribution in [0.1, 0.15) is 81.5 Å². The Labute approximate surface area is 182 Å². The third kappa shape index (κ3) is 3.76. The molecule has 0 heteroatoms. The van der Waals surface area contributed by atoms with Crippen molar-refractivity contribution in [1.29, 1.82) is 0 Å². The summed E-state index contributed by atoms with van der Waals surface area (Å²) in [6.45, 7) is 9.32. The lowest BCUT2D eigenvalue weighted by Gasteiger charge is -2.22. The highest BCUT2D eigenvalue weighted by Gasteiger charge is 2.35. The largest absolute Gasteiger partial charge is 0.0732 e. The van der Waals surface area contributed by atoms with Gasteiger partial charge in [0.1, 0.15) is 0 Å². The summed E-state index contributed by atoms with van der Waals surface area (Å²) < 4.78 is 0. The van der Waals surface area contributed by atoms with Crippen LogP contribution in [-0.2, 0) is 5.41 Å². The minimum absolute atomic E-state index is 0.0571. The summed E-state index contributed by atoms with van der Waals surface area (Å²) in [5.74, 6) is 0.483. The van der Waals surface area contributed by atoms with Gasteiger partial charge in [-0.15, -0.1) is 0 Å². The number of hydrogen-bond acceptors (Lipinski definition) is 0. The van der Waals surface area contributed by atoms with Crippen LogP contribution in [0.2, 0.25) is 0 Å². The van der Waals surface area contributed by atoms with Crippen molar-refractivity contribution in [3.63, 3.8) is 0 Å². The van der Waals surface area contributed by atoms with Crippen LogP contribution in [0.4, 0.5) is 0 Å². The van der Waals surface area contributed by atoms with Crippen LogP contribution in [0, 0.1) is 0 Å². The molecule has 0 bridgehead atoms. The van der Waals surface area contributed by atoms with E-state index in [4.69, 9.17) is 0 Å². The van der Waals surface area contributed by atoms with E-state index < -0.39 is 0 Å². The quantitative estimate of drug-likeness (QED) is 0.376. The third-order valence-electron chi connectivity index (χ3n) is 6.70. The SMILES string of the molecule is CCC/C(=C\C(CCC)c1ccccc1)c1ccc2c(c1)C(C)(C)c1ccccc1-2. The van der Waals surface area contributed by atoms with Crippen molar-refractivity contribution in [3.05, 3.63) is 101 Å². The molecule has 0 N–H and O–H groups in total. The van der Waals surface area contributed by atoms with E-state index in [2.05, 4.69) is 107 Å². The minimum atomic E-state index is 0.0571. The molecule has 154 valence electrons. The molecule has 3 aromatic carbocycles. The normalized spacial score (nSPS) is 15.5. The third-order valence-corrected chi connectivity index (χ3v) is 6.70. The molecule has 0 aliphatic heterocycles. The van der Waals surface area contributed by atoms with Crippen molar-refractivity contribution in [2.75, 3.05) is 0 Å². The van der Waals surface area contributed by atoms with Crippen molar-refractivity contribution < 1.29 is 0 Å². The molecule has 30 heavy (non-hydrogen) atoms. The molecule has 1 atom stereocenters. The maximum Gasteiger partial charge on any atom is 0.0159 e. The van der Waals surface area contributed by atoms with Gasteiger partial charge in [0.05, 0.1) is 0 Å². The molecular weight excluding hydrogens is 360 g/mol. The molecule has 0 radical (unpaired) electrons. The second kappa shape index (κ2) is 8.64. The van der Waals surface area contributed by atoms with Crippen LogP contribution in [0.15, 0.2) is 78.9 Å². The van der Waals surface area contributed by atoms with Gasteiger partial charge in [-0.05, 0) is 57.9 Å². The molecule has 0 saturated carbocycles. The number of benzene rings is 3. The summed E-state index contributed by atoms with van der Waals surface area (Å²) in [4.78, 5) is 0. The lowest BCUT2D eigenvalue weighted by atomic mass is 9.81. The molecule has 1 aliphatic rings. The average Bonchev–Trinajstić information content (AvgIpc) is 3.00. The molecule has 0 saturated heterocycles. The van der Waals surface area contributed by atoms with E-state index in [0.717, 1.165) is 6.42 Å². The predicted octanol–water partition coefficient (Wildman–Crippen LogP) is 8.76. The highest BCUT2D eigenvalue weighted by atomic mass is 14.4. The van der Waals surface area contributed by atoms with E-state index >= 15 is 0 Å². The van der Waals surface area contributed by atoms with Crippen LogP contribution in [-0.4, -0.2) is 0 Å². The first kappa shape index (κ1) is 20.7. The Kier molecular flexibility index (Phi) is 5.95. The summed E-state index contributed by atoms with van der Waals surface area (Å²) in [5.41, 5.74) is 10.1. The maximum atomic E-state index is 2.55. The Balaban J connectivity index is 1.78. The first-order valence-corrected chi connectivity index (χ1v) is 11.6. The van der Waals surface area contributed by atoms with Crippen molar-refractivity contribution in [2.45, 2.75) is 64.7 Å². The van der Waals surface area contributed by atoms with Gasteiger partial charge in [-0.1, -0.05) is 113 Å². The molecule has 0 nitrogen and oxygen atoms in total. The van der Waals surface area contributed by atoms with E-state index in [1.165, 1.54) is 58.2 Å². The zero-order chi connectivity index (χ0) is 21.1. The van der Waals surface area contributed by atoms with Crippen molar-refractivity contribution in [2.24, 2.45) is 0 Å². The molecule has 0 aromatic heterocycles. The van der Waals surface area contributed by atoms with E-state index in [0.29, 0.717) is 5.92 Å². The van der Waals surface area contributed by atoms with Crippen molar-refractivity contribution in [3.8, 4) is 11.1 Å². The van der Waals surface area contributed by atoms with Gasteiger partial charge in [-0.25, -0.2) is 0 Å². The molecular formula is C30H34. The van der Waals surface area contributed by atoms with Crippen LogP contribution in [0.5, 0.6) is 0 Å². The van der Waals surface area contributed by atoms with Crippen LogP contribution in [0.25, 0.3) is 16.7 Å². The maximum absolute atomic E-state index is 2.55. The Hall–Kier alpha value is -2.60. The summed E-state index contributed by atoms with van der Waals surface area (Å²) in [5, 5.41) is 0. The smallest absolute Gasteiger partial charge is 0.0159 e. The number of fused-ring (bicyclic) bond motifs is 3.